The number of likely N-dealkylation sites (tertiary alicyclic amines) is 1. The Morgan fingerprint density at radius 3 is 2.50 bits per heavy atom. The zero-order valence-electron chi connectivity index (χ0n) is 15.9. The van der Waals surface area contributed by atoms with Crippen molar-refractivity contribution in [3.05, 3.63) is 29.6 Å². The van der Waals surface area contributed by atoms with Gasteiger partial charge in [-0.25, -0.2) is 4.79 Å². The van der Waals surface area contributed by atoms with Gasteiger partial charge in [0.05, 0.1) is 5.56 Å². The highest BCUT2D eigenvalue weighted by Gasteiger charge is 2.57. The number of aryl methyl sites for hydroxylation is 1. The molecular formula is C19H26N4O3. The number of carbonyl (C=O) groups is 3. The van der Waals surface area contributed by atoms with E-state index in [1.807, 2.05) is 20.8 Å². The Balaban J connectivity index is 1.79. The fourth-order valence-electron chi connectivity index (χ4n) is 3.94. The molecular weight excluding hydrogens is 332 g/mol. The highest BCUT2D eigenvalue weighted by atomic mass is 16.2. The van der Waals surface area contributed by atoms with Crippen molar-refractivity contribution in [2.75, 3.05) is 26.7 Å². The average molecular weight is 358 g/mol. The maximum absolute atomic E-state index is 12.8. The Hall–Kier alpha value is -2.44. The van der Waals surface area contributed by atoms with E-state index in [1.165, 1.54) is 4.90 Å². The number of carbonyl (C=O) groups excluding carboxylic acids is 3. The summed E-state index contributed by atoms with van der Waals surface area (Å²) in [5.41, 5.74) is 0.483. The van der Waals surface area contributed by atoms with Crippen molar-refractivity contribution < 1.29 is 14.4 Å². The molecule has 1 spiro atoms. The summed E-state index contributed by atoms with van der Waals surface area (Å²) in [6.45, 7) is 7.34. The molecule has 2 fully saturated rings. The van der Waals surface area contributed by atoms with Crippen LogP contribution in [-0.4, -0.2) is 69.8 Å². The third-order valence-corrected chi connectivity index (χ3v) is 5.40. The maximum atomic E-state index is 12.8. The van der Waals surface area contributed by atoms with Crippen LogP contribution in [0.25, 0.3) is 0 Å². The van der Waals surface area contributed by atoms with Gasteiger partial charge < -0.3 is 9.80 Å². The molecule has 3 rings (SSSR count). The summed E-state index contributed by atoms with van der Waals surface area (Å²) in [5, 5.41) is 0. The molecule has 7 heteroatoms. The van der Waals surface area contributed by atoms with Gasteiger partial charge in [-0.2, -0.15) is 0 Å². The molecule has 140 valence electrons. The number of amides is 4. The summed E-state index contributed by atoms with van der Waals surface area (Å²) in [5.74, 6) is 0.0617. The van der Waals surface area contributed by atoms with E-state index in [4.69, 9.17) is 0 Å². The van der Waals surface area contributed by atoms with Gasteiger partial charge in [-0.3, -0.25) is 19.5 Å². The smallest absolute Gasteiger partial charge is 0.327 e. The lowest BCUT2D eigenvalue weighted by Gasteiger charge is -2.42. The number of imide groups is 1. The van der Waals surface area contributed by atoms with Gasteiger partial charge in [-0.1, -0.05) is 13.8 Å². The summed E-state index contributed by atoms with van der Waals surface area (Å²) >= 11 is 0. The average Bonchev–Trinajstić information content (AvgIpc) is 2.78. The van der Waals surface area contributed by atoms with Crippen LogP contribution in [0.2, 0.25) is 0 Å². The highest BCUT2D eigenvalue weighted by Crippen LogP contribution is 2.37. The van der Waals surface area contributed by atoms with E-state index in [9.17, 15) is 14.4 Å². The van der Waals surface area contributed by atoms with E-state index in [0.29, 0.717) is 43.7 Å². The maximum Gasteiger partial charge on any atom is 0.327 e. The second kappa shape index (κ2) is 6.70. The molecule has 0 aromatic carbocycles. The van der Waals surface area contributed by atoms with E-state index in [0.717, 1.165) is 0 Å². The van der Waals surface area contributed by atoms with Gasteiger partial charge in [0.2, 0.25) is 0 Å². The van der Waals surface area contributed by atoms with Crippen molar-refractivity contribution in [3.63, 3.8) is 0 Å². The van der Waals surface area contributed by atoms with Crippen LogP contribution in [0.5, 0.6) is 0 Å². The first-order valence-electron chi connectivity index (χ1n) is 9.08. The molecule has 0 atom stereocenters. The molecule has 2 saturated heterocycles. The molecule has 0 radical (unpaired) electrons. The molecule has 3 heterocycles. The summed E-state index contributed by atoms with van der Waals surface area (Å²) < 4.78 is 0. The van der Waals surface area contributed by atoms with E-state index < -0.39 is 5.54 Å². The Morgan fingerprint density at radius 2 is 1.92 bits per heavy atom. The van der Waals surface area contributed by atoms with Gasteiger partial charge in [-0.15, -0.1) is 0 Å². The number of pyridine rings is 1. The van der Waals surface area contributed by atoms with Gasteiger partial charge >= 0.3 is 6.03 Å². The van der Waals surface area contributed by atoms with Crippen molar-refractivity contribution >= 4 is 17.8 Å². The number of nitrogens with zero attached hydrogens (tertiary/aromatic N) is 4. The fourth-order valence-corrected chi connectivity index (χ4v) is 3.94. The van der Waals surface area contributed by atoms with Gasteiger partial charge in [0.1, 0.15) is 5.54 Å². The monoisotopic (exact) mass is 358 g/mol. The number of hydrogen-bond acceptors (Lipinski definition) is 4. The molecule has 0 saturated carbocycles. The molecule has 0 bridgehead atoms. The molecule has 0 aliphatic carbocycles. The molecule has 0 N–H and O–H groups in total. The molecule has 2 aliphatic heterocycles. The standard InChI is InChI=1S/C19H26N4O3/c1-13(2)12-23-18(26)21(4)17(25)19(23)7-10-22(11-8-19)16(24)15-6-5-9-20-14(15)3/h5-6,9,13H,7-8,10-12H2,1-4H3. The fraction of sp³-hybridized carbons (Fsp3) is 0.579. The first kappa shape index (κ1) is 18.4. The minimum absolute atomic E-state index is 0.0639. The van der Waals surface area contributed by atoms with Crippen molar-refractivity contribution in [1.82, 2.24) is 19.7 Å². The van der Waals surface area contributed by atoms with Crippen molar-refractivity contribution in [3.8, 4) is 0 Å². The quantitative estimate of drug-likeness (QED) is 0.774. The summed E-state index contributed by atoms with van der Waals surface area (Å²) in [6, 6.07) is 3.30. The van der Waals surface area contributed by atoms with Crippen molar-refractivity contribution in [2.24, 2.45) is 5.92 Å². The zero-order chi connectivity index (χ0) is 19.1. The van der Waals surface area contributed by atoms with Crippen LogP contribution in [0.15, 0.2) is 18.3 Å². The number of aromatic nitrogens is 1. The van der Waals surface area contributed by atoms with Gasteiger partial charge in [0, 0.05) is 38.6 Å². The number of hydrogen-bond donors (Lipinski definition) is 0. The molecule has 1 aromatic heterocycles. The molecule has 1 aromatic rings. The van der Waals surface area contributed by atoms with Crippen molar-refractivity contribution in [1.29, 1.82) is 0 Å². The Kier molecular flexibility index (Phi) is 4.73. The number of urea groups is 1. The minimum Gasteiger partial charge on any atom is -0.338 e. The summed E-state index contributed by atoms with van der Waals surface area (Å²) in [4.78, 5) is 47.1. The first-order chi connectivity index (χ1) is 12.3. The predicted molar refractivity (Wildman–Crippen MR) is 96.6 cm³/mol. The van der Waals surface area contributed by atoms with Crippen molar-refractivity contribution in [2.45, 2.75) is 39.2 Å². The largest absolute Gasteiger partial charge is 0.338 e. The van der Waals surface area contributed by atoms with Crippen LogP contribution >= 0.6 is 0 Å². The lowest BCUT2D eigenvalue weighted by Crippen LogP contribution is -2.58. The summed E-state index contributed by atoms with van der Waals surface area (Å²) in [6.07, 6.45) is 2.61. The Labute approximate surface area is 154 Å². The predicted octanol–water partition coefficient (Wildman–Crippen LogP) is 1.91. The van der Waals surface area contributed by atoms with Crippen LogP contribution in [0.3, 0.4) is 0 Å². The second-order valence-electron chi connectivity index (χ2n) is 7.61. The lowest BCUT2D eigenvalue weighted by atomic mass is 9.85. The highest BCUT2D eigenvalue weighted by molar-refractivity contribution is 6.07. The number of likely N-dealkylation sites (N-methyl/N-ethyl adjacent to an activating group) is 1. The van der Waals surface area contributed by atoms with Gasteiger partial charge in [0.25, 0.3) is 11.8 Å². The van der Waals surface area contributed by atoms with E-state index in [-0.39, 0.29) is 23.8 Å². The third kappa shape index (κ3) is 2.85. The molecule has 0 unspecified atom stereocenters. The second-order valence-corrected chi connectivity index (χ2v) is 7.61. The van der Waals surface area contributed by atoms with E-state index >= 15 is 0 Å². The number of rotatable bonds is 3. The normalized spacial score (nSPS) is 19.8. The third-order valence-electron chi connectivity index (χ3n) is 5.40. The molecule has 26 heavy (non-hydrogen) atoms. The summed E-state index contributed by atoms with van der Waals surface area (Å²) in [7, 11) is 1.54. The minimum atomic E-state index is -0.809. The Morgan fingerprint density at radius 1 is 1.27 bits per heavy atom. The molecule has 7 nitrogen and oxygen atoms in total. The van der Waals surface area contributed by atoms with Crippen LogP contribution in [0, 0.1) is 12.8 Å². The molecule has 4 amide bonds. The van der Waals surface area contributed by atoms with Crippen LogP contribution < -0.4 is 0 Å². The van der Waals surface area contributed by atoms with Crippen LogP contribution in [0.1, 0.15) is 42.7 Å². The number of piperidine rings is 1. The lowest BCUT2D eigenvalue weighted by molar-refractivity contribution is -0.134. The van der Waals surface area contributed by atoms with E-state index in [1.54, 1.807) is 35.2 Å². The Bertz CT molecular complexity index is 738. The van der Waals surface area contributed by atoms with Gasteiger partial charge in [0.15, 0.2) is 0 Å². The topological polar surface area (TPSA) is 73.8 Å². The first-order valence-corrected chi connectivity index (χ1v) is 9.08. The van der Waals surface area contributed by atoms with Crippen LogP contribution in [0.4, 0.5) is 4.79 Å². The van der Waals surface area contributed by atoms with Gasteiger partial charge in [-0.05, 0) is 37.8 Å². The molecule has 2 aliphatic rings. The SMILES string of the molecule is Cc1ncccc1C(=O)N1CCC2(CC1)C(=O)N(C)C(=O)N2CC(C)C. The van der Waals surface area contributed by atoms with E-state index in [2.05, 4.69) is 4.98 Å². The zero-order valence-corrected chi connectivity index (χ0v) is 15.9. The van der Waals surface area contributed by atoms with Crippen LogP contribution in [-0.2, 0) is 4.79 Å².